The van der Waals surface area contributed by atoms with Crippen LogP contribution >= 0.6 is 40.6 Å². The van der Waals surface area contributed by atoms with Crippen molar-refractivity contribution in [3.8, 4) is 0 Å². The Hall–Kier alpha value is -2.68. The number of aliphatic hydroxyl groups is 2. The lowest BCUT2D eigenvalue weighted by Gasteiger charge is -2.26. The second kappa shape index (κ2) is 12.8. The fourth-order valence-corrected chi connectivity index (χ4v) is 7.74. The fraction of sp³-hybridized carbons (Fsp3) is 0.500. The van der Waals surface area contributed by atoms with Gasteiger partial charge in [-0.2, -0.15) is 4.98 Å². The molecule has 242 valence electrons. The number of thiol groups is 2. The molecule has 0 aromatic carbocycles. The van der Waals surface area contributed by atoms with Gasteiger partial charge in [-0.1, -0.05) is 12.2 Å². The van der Waals surface area contributed by atoms with Crippen LogP contribution in [-0.2, 0) is 31.6 Å². The molecule has 0 bridgehead atoms. The predicted molar refractivity (Wildman–Crippen MR) is 162 cm³/mol. The number of hydrogen-bond donors (Lipinski definition) is 7. The average Bonchev–Trinajstić information content (AvgIpc) is 3.76. The first kappa shape index (κ1) is 32.3. The van der Waals surface area contributed by atoms with Crippen LogP contribution in [0.4, 0.5) is 11.8 Å². The maximum Gasteiger partial charge on any atom is 0.386 e. The molecule has 4 aromatic heterocycles. The summed E-state index contributed by atoms with van der Waals surface area (Å²) in [5, 5.41) is 22.8. The molecule has 0 spiro atoms. The van der Waals surface area contributed by atoms with Gasteiger partial charge in [0.25, 0.3) is 5.56 Å². The lowest BCUT2D eigenvalue weighted by Crippen LogP contribution is -2.35. The lowest BCUT2D eigenvalue weighted by molar-refractivity contribution is -0.0441. The lowest BCUT2D eigenvalue weighted by atomic mass is 10.1. The Balaban J connectivity index is 1.21. The summed E-state index contributed by atoms with van der Waals surface area (Å²) in [7, 11) is -0.665. The molecule has 0 amide bonds. The zero-order valence-corrected chi connectivity index (χ0v) is 26.4. The van der Waals surface area contributed by atoms with Crippen LogP contribution in [-0.4, -0.2) is 88.0 Å². The average molecular weight is 704 g/mol. The topological polar surface area (TPSA) is 267 Å². The van der Waals surface area contributed by atoms with Crippen molar-refractivity contribution in [2.75, 3.05) is 24.7 Å². The molecule has 0 unspecified atom stereocenters. The van der Waals surface area contributed by atoms with E-state index in [9.17, 15) is 24.1 Å². The Labute approximate surface area is 265 Å². The number of nitrogens with zero attached hydrogens (tertiary/aromatic N) is 6. The summed E-state index contributed by atoms with van der Waals surface area (Å²) in [6.07, 6.45) is -2.69. The van der Waals surface area contributed by atoms with Crippen LogP contribution in [0.1, 0.15) is 18.7 Å². The molecule has 1 saturated carbocycles. The maximum absolute atomic E-state index is 13.6. The van der Waals surface area contributed by atoms with Crippen LogP contribution < -0.4 is 17.0 Å². The van der Waals surface area contributed by atoms with Gasteiger partial charge in [0.1, 0.15) is 48.3 Å². The van der Waals surface area contributed by atoms with E-state index in [0.29, 0.717) is 17.5 Å². The van der Waals surface area contributed by atoms with Gasteiger partial charge < -0.3 is 39.7 Å². The molecule has 23 heteroatoms. The van der Waals surface area contributed by atoms with Crippen molar-refractivity contribution in [3.63, 3.8) is 0 Å². The summed E-state index contributed by atoms with van der Waals surface area (Å²) in [6.45, 7) is -4.88. The second-order valence-corrected chi connectivity index (χ2v) is 13.9. The van der Waals surface area contributed by atoms with Gasteiger partial charge in [-0.3, -0.25) is 23.4 Å². The van der Waals surface area contributed by atoms with Gasteiger partial charge in [-0.05, 0) is 25.4 Å². The van der Waals surface area contributed by atoms with E-state index in [4.69, 9.17) is 34.0 Å². The zero-order valence-electron chi connectivity index (χ0n) is 22.8. The predicted octanol–water partition coefficient (Wildman–Crippen LogP) is 0.802. The van der Waals surface area contributed by atoms with Crippen LogP contribution in [0.15, 0.2) is 29.7 Å². The number of ether oxygens (including phenoxy) is 1. The van der Waals surface area contributed by atoms with Crippen molar-refractivity contribution in [2.45, 2.75) is 49.2 Å². The third kappa shape index (κ3) is 6.10. The molecular weight excluding hydrogens is 676 g/mol. The molecule has 6 rings (SSSR count). The molecule has 1 saturated heterocycles. The Morgan fingerprint density at radius 3 is 2.71 bits per heavy atom. The number of rotatable bonds is 11. The molecule has 5 heterocycles. The van der Waals surface area contributed by atoms with Gasteiger partial charge in [-0.15, -0.1) is 0 Å². The minimum absolute atomic E-state index is 0.00944. The highest BCUT2D eigenvalue weighted by molar-refractivity contribution is 8.44. The SMILES string of the molecule is Nc1nc2c(ncn2[C@@H]2O[C@H](COP=O)[C@@H](O)[C@H]2O[P@](=O)(S)OC[C@H]2C[C@@H](n3ccc4c(N)ncnc43)[C@H](O)[C@@H]2OS)c(=O)[nH]1. The zero-order chi connectivity index (χ0) is 32.0. The summed E-state index contributed by atoms with van der Waals surface area (Å²) in [6, 6.07) is 1.20. The van der Waals surface area contributed by atoms with E-state index < -0.39 is 69.8 Å². The number of fused-ring (bicyclic) bond motifs is 2. The van der Waals surface area contributed by atoms with Crippen molar-refractivity contribution in [3.05, 3.63) is 35.3 Å². The Kier molecular flexibility index (Phi) is 9.21. The van der Waals surface area contributed by atoms with E-state index in [1.807, 2.05) is 0 Å². The summed E-state index contributed by atoms with van der Waals surface area (Å²) in [4.78, 5) is 31.0. The number of H-pyrrole nitrogens is 1. The van der Waals surface area contributed by atoms with Gasteiger partial charge in [0.15, 0.2) is 17.4 Å². The van der Waals surface area contributed by atoms with Crippen molar-refractivity contribution >= 4 is 74.6 Å². The molecule has 4 aromatic rings. The molecule has 45 heavy (non-hydrogen) atoms. The van der Waals surface area contributed by atoms with Crippen LogP contribution in [0.3, 0.4) is 0 Å². The maximum atomic E-state index is 13.6. The van der Waals surface area contributed by atoms with Gasteiger partial charge >= 0.3 is 15.5 Å². The van der Waals surface area contributed by atoms with Crippen LogP contribution in [0.2, 0.25) is 0 Å². The quantitative estimate of drug-likeness (QED) is 0.0647. The minimum Gasteiger partial charge on any atom is -0.388 e. The number of aliphatic hydroxyl groups excluding tert-OH is 2. The van der Waals surface area contributed by atoms with E-state index in [-0.39, 0.29) is 36.1 Å². The van der Waals surface area contributed by atoms with Crippen LogP contribution in [0.5, 0.6) is 0 Å². The third-order valence-electron chi connectivity index (χ3n) is 7.79. The molecule has 0 radical (unpaired) electrons. The van der Waals surface area contributed by atoms with Crippen molar-refractivity contribution in [1.82, 2.24) is 34.1 Å². The van der Waals surface area contributed by atoms with E-state index in [1.54, 1.807) is 16.8 Å². The summed E-state index contributed by atoms with van der Waals surface area (Å²) in [5.74, 6) is -0.466. The number of imidazole rings is 1. The van der Waals surface area contributed by atoms with E-state index in [0.717, 1.165) is 0 Å². The van der Waals surface area contributed by atoms with Gasteiger partial charge in [-0.25, -0.2) is 24.1 Å². The standard InChI is InChI=1S/C22H27N9O10P2S2/c23-17-9-1-2-30(18(9)26-6-25-17)10-3-8(15(41-44)13(10)32)4-38-43(36,45)40-16-14(33)11(5-37-42-35)39-21(16)31-7-27-12-19(31)28-22(24)29-20(12)34/h1-2,6-8,10-11,13-16,21,32-33,44H,3-5H2,(H,36,45)(H2,23,25,26)(H3,24,28,29,34)/t8-,10-,11-,13+,14-,15-,16-,21-,43-/m1/s1. The van der Waals surface area contributed by atoms with Gasteiger partial charge in [0.05, 0.1) is 31.0 Å². The van der Waals surface area contributed by atoms with Crippen molar-refractivity contribution in [2.24, 2.45) is 5.92 Å². The normalized spacial score (nSPS) is 30.0. The molecule has 2 fully saturated rings. The minimum atomic E-state index is -4.29. The van der Waals surface area contributed by atoms with Crippen molar-refractivity contribution in [1.29, 1.82) is 0 Å². The summed E-state index contributed by atoms with van der Waals surface area (Å²) >= 11 is 8.07. The number of nitrogens with two attached hydrogens (primary N) is 2. The van der Waals surface area contributed by atoms with E-state index >= 15 is 0 Å². The van der Waals surface area contributed by atoms with Gasteiger partial charge in [0.2, 0.25) is 5.95 Å². The number of aromatic amines is 1. The molecule has 1 aliphatic heterocycles. The number of anilines is 2. The van der Waals surface area contributed by atoms with Crippen molar-refractivity contribution < 1.29 is 41.8 Å². The molecule has 1 aliphatic carbocycles. The fourth-order valence-electron chi connectivity index (χ4n) is 5.73. The smallest absolute Gasteiger partial charge is 0.386 e. The molecule has 7 N–H and O–H groups in total. The van der Waals surface area contributed by atoms with Crippen LogP contribution in [0, 0.1) is 5.92 Å². The third-order valence-corrected chi connectivity index (χ3v) is 9.91. The molecule has 9 atom stereocenters. The Morgan fingerprint density at radius 1 is 1.16 bits per heavy atom. The molecule has 19 nitrogen and oxygen atoms in total. The highest BCUT2D eigenvalue weighted by Gasteiger charge is 2.50. The second-order valence-electron chi connectivity index (χ2n) is 10.4. The summed E-state index contributed by atoms with van der Waals surface area (Å²) in [5.41, 5.74) is 11.5. The first-order valence-corrected chi connectivity index (χ1v) is 17.0. The molecular formula is C22H27N9O10P2S2. The number of hydrogen-bond acceptors (Lipinski definition) is 17. The summed E-state index contributed by atoms with van der Waals surface area (Å²) < 4.78 is 54.9. The first-order valence-electron chi connectivity index (χ1n) is 13.2. The molecule has 2 aliphatic rings. The van der Waals surface area contributed by atoms with Gasteiger partial charge in [0, 0.05) is 12.1 Å². The highest BCUT2D eigenvalue weighted by Crippen LogP contribution is 2.57. The first-order chi connectivity index (χ1) is 21.5. The van der Waals surface area contributed by atoms with Crippen LogP contribution in [0.25, 0.3) is 22.2 Å². The highest BCUT2D eigenvalue weighted by atomic mass is 32.7. The van der Waals surface area contributed by atoms with E-state index in [2.05, 4.69) is 50.1 Å². The number of nitrogens with one attached hydrogen (secondary N) is 1. The van der Waals surface area contributed by atoms with E-state index in [1.165, 1.54) is 17.2 Å². The Morgan fingerprint density at radius 2 is 1.96 bits per heavy atom. The number of aromatic nitrogens is 7. The largest absolute Gasteiger partial charge is 0.388 e. The Bertz CT molecular complexity index is 1830. The monoisotopic (exact) mass is 703 g/mol. The number of nitrogen functional groups attached to an aromatic ring is 2.